The van der Waals surface area contributed by atoms with Crippen LogP contribution < -0.4 is 25.2 Å². The SMILES string of the molecule is CCOc1ccc(/C=N\Nc2cnn(-c3ccc(OC)cc3)c(=O)c2Cl)cc1OCC. The van der Waals surface area contributed by atoms with Gasteiger partial charge in [0, 0.05) is 0 Å². The van der Waals surface area contributed by atoms with Gasteiger partial charge in [0.1, 0.15) is 16.5 Å². The van der Waals surface area contributed by atoms with E-state index in [-0.39, 0.29) is 5.02 Å². The molecular formula is C22H23ClN4O4. The van der Waals surface area contributed by atoms with Crippen LogP contribution in [0.25, 0.3) is 5.69 Å². The Morgan fingerprint density at radius 3 is 2.48 bits per heavy atom. The molecule has 0 radical (unpaired) electrons. The number of ether oxygens (including phenoxy) is 3. The average Bonchev–Trinajstić information content (AvgIpc) is 2.79. The van der Waals surface area contributed by atoms with Crippen LogP contribution in [0.3, 0.4) is 0 Å². The lowest BCUT2D eigenvalue weighted by Crippen LogP contribution is -2.22. The molecule has 0 bridgehead atoms. The van der Waals surface area contributed by atoms with Crippen LogP contribution in [0.2, 0.25) is 5.02 Å². The van der Waals surface area contributed by atoms with E-state index in [1.54, 1.807) is 37.6 Å². The number of nitrogens with one attached hydrogen (secondary N) is 1. The van der Waals surface area contributed by atoms with Gasteiger partial charge in [0.15, 0.2) is 11.5 Å². The molecule has 3 aromatic rings. The highest BCUT2D eigenvalue weighted by molar-refractivity contribution is 6.32. The largest absolute Gasteiger partial charge is 0.497 e. The van der Waals surface area contributed by atoms with Crippen LogP contribution in [-0.4, -0.2) is 36.3 Å². The summed E-state index contributed by atoms with van der Waals surface area (Å²) in [5.74, 6) is 1.98. The maximum absolute atomic E-state index is 12.6. The van der Waals surface area contributed by atoms with Crippen molar-refractivity contribution in [3.8, 4) is 22.9 Å². The smallest absolute Gasteiger partial charge is 0.292 e. The first-order chi connectivity index (χ1) is 15.1. The van der Waals surface area contributed by atoms with Crippen molar-refractivity contribution in [2.24, 2.45) is 5.10 Å². The molecule has 1 N–H and O–H groups in total. The van der Waals surface area contributed by atoms with Crippen LogP contribution in [0.5, 0.6) is 17.2 Å². The molecule has 31 heavy (non-hydrogen) atoms. The summed E-state index contributed by atoms with van der Waals surface area (Å²) in [4.78, 5) is 12.6. The van der Waals surface area contributed by atoms with Crippen molar-refractivity contribution in [1.29, 1.82) is 0 Å². The second-order valence-electron chi connectivity index (χ2n) is 6.23. The highest BCUT2D eigenvalue weighted by Crippen LogP contribution is 2.28. The molecule has 0 saturated carbocycles. The van der Waals surface area contributed by atoms with Gasteiger partial charge >= 0.3 is 0 Å². The van der Waals surface area contributed by atoms with Gasteiger partial charge in [0.25, 0.3) is 5.56 Å². The lowest BCUT2D eigenvalue weighted by molar-refractivity contribution is 0.288. The van der Waals surface area contributed by atoms with Crippen molar-refractivity contribution < 1.29 is 14.2 Å². The maximum Gasteiger partial charge on any atom is 0.292 e. The fraction of sp³-hybridized carbons (Fsp3) is 0.227. The zero-order valence-electron chi connectivity index (χ0n) is 17.5. The van der Waals surface area contributed by atoms with E-state index < -0.39 is 5.56 Å². The Kier molecular flexibility index (Phi) is 7.50. The summed E-state index contributed by atoms with van der Waals surface area (Å²) in [6.45, 7) is 4.88. The fourth-order valence-corrected chi connectivity index (χ4v) is 2.91. The lowest BCUT2D eigenvalue weighted by Gasteiger charge is -2.11. The molecule has 2 aromatic carbocycles. The fourth-order valence-electron chi connectivity index (χ4n) is 2.74. The van der Waals surface area contributed by atoms with Gasteiger partial charge in [-0.1, -0.05) is 11.6 Å². The van der Waals surface area contributed by atoms with E-state index in [2.05, 4.69) is 15.6 Å². The van der Waals surface area contributed by atoms with Crippen molar-refractivity contribution in [1.82, 2.24) is 9.78 Å². The standard InChI is InChI=1S/C22H23ClN4O4/c1-4-30-19-11-6-15(12-20(19)31-5-2)13-24-26-18-14-25-27(22(28)21(18)23)16-7-9-17(29-3)10-8-16/h6-14,26H,4-5H2,1-3H3/b24-13-. The van der Waals surface area contributed by atoms with Crippen molar-refractivity contribution in [3.05, 3.63) is 69.6 Å². The van der Waals surface area contributed by atoms with E-state index in [1.807, 2.05) is 32.0 Å². The topological polar surface area (TPSA) is 87.0 Å². The monoisotopic (exact) mass is 442 g/mol. The summed E-state index contributed by atoms with van der Waals surface area (Å²) in [6.07, 6.45) is 3.03. The Hall–Kier alpha value is -3.52. The zero-order chi connectivity index (χ0) is 22.2. The minimum atomic E-state index is -0.466. The number of methoxy groups -OCH3 is 1. The Morgan fingerprint density at radius 1 is 1.10 bits per heavy atom. The summed E-state index contributed by atoms with van der Waals surface area (Å²) < 4.78 is 17.5. The van der Waals surface area contributed by atoms with Crippen molar-refractivity contribution in [2.45, 2.75) is 13.8 Å². The predicted molar refractivity (Wildman–Crippen MR) is 121 cm³/mol. The summed E-state index contributed by atoms with van der Waals surface area (Å²) >= 11 is 6.24. The first kappa shape index (κ1) is 22.2. The number of hydrazone groups is 1. The molecule has 1 heterocycles. The summed E-state index contributed by atoms with van der Waals surface area (Å²) in [5.41, 5.74) is 3.95. The van der Waals surface area contributed by atoms with Crippen LogP contribution >= 0.6 is 11.6 Å². The average molecular weight is 443 g/mol. The summed E-state index contributed by atoms with van der Waals surface area (Å²) in [7, 11) is 1.57. The van der Waals surface area contributed by atoms with E-state index in [9.17, 15) is 4.79 Å². The highest BCUT2D eigenvalue weighted by atomic mass is 35.5. The van der Waals surface area contributed by atoms with Crippen molar-refractivity contribution in [2.75, 3.05) is 25.7 Å². The summed E-state index contributed by atoms with van der Waals surface area (Å²) in [6, 6.07) is 12.4. The lowest BCUT2D eigenvalue weighted by atomic mass is 10.2. The van der Waals surface area contributed by atoms with Crippen LogP contribution in [0, 0.1) is 0 Å². The molecule has 0 spiro atoms. The minimum Gasteiger partial charge on any atom is -0.497 e. The van der Waals surface area contributed by atoms with Gasteiger partial charge < -0.3 is 14.2 Å². The third-order valence-electron chi connectivity index (χ3n) is 4.20. The van der Waals surface area contributed by atoms with E-state index >= 15 is 0 Å². The Morgan fingerprint density at radius 2 is 1.81 bits per heavy atom. The van der Waals surface area contributed by atoms with Gasteiger partial charge in [-0.3, -0.25) is 10.2 Å². The molecule has 9 heteroatoms. The van der Waals surface area contributed by atoms with Gasteiger partial charge in [-0.15, -0.1) is 0 Å². The molecule has 8 nitrogen and oxygen atoms in total. The van der Waals surface area contributed by atoms with Crippen LogP contribution in [0.1, 0.15) is 19.4 Å². The molecule has 0 unspecified atom stereocenters. The number of benzene rings is 2. The van der Waals surface area contributed by atoms with E-state index in [0.29, 0.717) is 41.8 Å². The minimum absolute atomic E-state index is 0.0235. The van der Waals surface area contributed by atoms with Gasteiger partial charge in [0.2, 0.25) is 0 Å². The van der Waals surface area contributed by atoms with Crippen LogP contribution in [0.15, 0.2) is 58.6 Å². The molecule has 0 aliphatic carbocycles. The molecule has 3 rings (SSSR count). The van der Waals surface area contributed by atoms with Crippen molar-refractivity contribution in [3.63, 3.8) is 0 Å². The molecular weight excluding hydrogens is 420 g/mol. The number of hydrogen-bond donors (Lipinski definition) is 1. The number of rotatable bonds is 9. The number of nitrogens with zero attached hydrogens (tertiary/aromatic N) is 3. The Balaban J connectivity index is 1.77. The van der Waals surface area contributed by atoms with Gasteiger partial charge in [-0.05, 0) is 61.9 Å². The highest BCUT2D eigenvalue weighted by Gasteiger charge is 2.11. The second-order valence-corrected chi connectivity index (χ2v) is 6.61. The molecule has 0 aliphatic heterocycles. The van der Waals surface area contributed by atoms with E-state index in [0.717, 1.165) is 5.56 Å². The number of halogens is 1. The molecule has 0 fully saturated rings. The van der Waals surface area contributed by atoms with Crippen molar-refractivity contribution >= 4 is 23.5 Å². The number of aromatic nitrogens is 2. The third-order valence-corrected chi connectivity index (χ3v) is 4.57. The van der Waals surface area contributed by atoms with Gasteiger partial charge in [-0.25, -0.2) is 0 Å². The first-order valence-corrected chi connectivity index (χ1v) is 10.1. The van der Waals surface area contributed by atoms with Gasteiger partial charge in [0.05, 0.1) is 38.4 Å². The maximum atomic E-state index is 12.6. The van der Waals surface area contributed by atoms with E-state index in [1.165, 1.54) is 10.9 Å². The quantitative estimate of drug-likeness (QED) is 0.396. The molecule has 1 aromatic heterocycles. The second kappa shape index (κ2) is 10.5. The third kappa shape index (κ3) is 5.35. The number of anilines is 1. The molecule has 0 aliphatic rings. The summed E-state index contributed by atoms with van der Waals surface area (Å²) in [5, 5.41) is 8.30. The van der Waals surface area contributed by atoms with Crippen LogP contribution in [-0.2, 0) is 0 Å². The van der Waals surface area contributed by atoms with E-state index in [4.69, 9.17) is 25.8 Å². The molecule has 0 saturated heterocycles. The van der Waals surface area contributed by atoms with Crippen LogP contribution in [0.4, 0.5) is 5.69 Å². The zero-order valence-corrected chi connectivity index (χ0v) is 18.2. The molecule has 0 atom stereocenters. The Bertz CT molecular complexity index is 1110. The number of hydrogen-bond acceptors (Lipinski definition) is 7. The molecule has 162 valence electrons. The molecule has 0 amide bonds. The Labute approximate surface area is 185 Å². The van der Waals surface area contributed by atoms with Gasteiger partial charge in [-0.2, -0.15) is 14.9 Å². The predicted octanol–water partition coefficient (Wildman–Crippen LogP) is 4.14. The first-order valence-electron chi connectivity index (χ1n) is 9.68. The normalized spacial score (nSPS) is 10.8.